The van der Waals surface area contributed by atoms with E-state index in [9.17, 15) is 14.4 Å². The van der Waals surface area contributed by atoms with Gasteiger partial charge in [0.2, 0.25) is 0 Å². The first-order chi connectivity index (χ1) is 10.0. The summed E-state index contributed by atoms with van der Waals surface area (Å²) in [7, 11) is 1.22. The van der Waals surface area contributed by atoms with E-state index in [-0.39, 0.29) is 6.42 Å². The highest BCUT2D eigenvalue weighted by atomic mass is 16.6. The topological polar surface area (TPSA) is 78.9 Å². The second-order valence-electron chi connectivity index (χ2n) is 5.68. The molecule has 0 aromatic heterocycles. The van der Waals surface area contributed by atoms with E-state index >= 15 is 0 Å². The van der Waals surface area contributed by atoms with E-state index in [0.29, 0.717) is 12.8 Å². The van der Waals surface area contributed by atoms with Gasteiger partial charge in [0.05, 0.1) is 7.11 Å². The van der Waals surface area contributed by atoms with Crippen molar-refractivity contribution in [2.24, 2.45) is 11.3 Å². The molecule has 0 amide bonds. The Kier molecular flexibility index (Phi) is 4.54. The van der Waals surface area contributed by atoms with Crippen molar-refractivity contribution in [3.63, 3.8) is 0 Å². The molecule has 2 fully saturated rings. The smallest absolute Gasteiger partial charge is 0.324 e. The van der Waals surface area contributed by atoms with Crippen molar-refractivity contribution >= 4 is 17.9 Å². The number of esters is 3. The summed E-state index contributed by atoms with van der Waals surface area (Å²) in [5.41, 5.74) is -1.54. The summed E-state index contributed by atoms with van der Waals surface area (Å²) in [6, 6.07) is 0. The van der Waals surface area contributed by atoms with Crippen LogP contribution in [0.3, 0.4) is 0 Å². The van der Waals surface area contributed by atoms with Gasteiger partial charge in [0.15, 0.2) is 11.5 Å². The number of carbonyl (C=O) groups is 3. The van der Waals surface area contributed by atoms with Gasteiger partial charge in [-0.25, -0.2) is 0 Å². The van der Waals surface area contributed by atoms with Crippen LogP contribution in [0.4, 0.5) is 0 Å². The van der Waals surface area contributed by atoms with Crippen molar-refractivity contribution in [2.75, 3.05) is 7.11 Å². The third-order valence-corrected chi connectivity index (χ3v) is 4.39. The number of ether oxygens (including phenoxy) is 3. The average Bonchev–Trinajstić information content (AvgIpc) is 2.93. The number of hydrogen-bond donors (Lipinski definition) is 0. The molecular weight excluding hydrogens is 276 g/mol. The maximum atomic E-state index is 12.3. The molecule has 118 valence electrons. The van der Waals surface area contributed by atoms with Crippen LogP contribution >= 0.6 is 0 Å². The van der Waals surface area contributed by atoms with E-state index in [1.165, 1.54) is 7.11 Å². The van der Waals surface area contributed by atoms with Crippen LogP contribution in [0.1, 0.15) is 46.0 Å². The van der Waals surface area contributed by atoms with Gasteiger partial charge in [-0.1, -0.05) is 26.7 Å². The summed E-state index contributed by atoms with van der Waals surface area (Å²) in [5, 5.41) is 0. The van der Waals surface area contributed by atoms with Crippen molar-refractivity contribution in [3.05, 3.63) is 0 Å². The maximum absolute atomic E-state index is 12.3. The largest absolute Gasteiger partial charge is 0.468 e. The summed E-state index contributed by atoms with van der Waals surface area (Å²) in [4.78, 5) is 36.8. The summed E-state index contributed by atoms with van der Waals surface area (Å²) in [5.74, 6) is -2.75. The van der Waals surface area contributed by atoms with Crippen LogP contribution in [0.25, 0.3) is 0 Å². The third-order valence-electron chi connectivity index (χ3n) is 4.39. The van der Waals surface area contributed by atoms with Gasteiger partial charge >= 0.3 is 17.9 Å². The summed E-state index contributed by atoms with van der Waals surface area (Å²) in [6.07, 6.45) is 2.15. The van der Waals surface area contributed by atoms with E-state index in [1.807, 2.05) is 13.8 Å². The van der Waals surface area contributed by atoms with E-state index in [4.69, 9.17) is 14.2 Å². The van der Waals surface area contributed by atoms with Gasteiger partial charge in [0.25, 0.3) is 0 Å². The molecule has 0 aliphatic carbocycles. The predicted molar refractivity (Wildman–Crippen MR) is 72.1 cm³/mol. The molecule has 0 N–H and O–H groups in total. The van der Waals surface area contributed by atoms with Gasteiger partial charge in [-0.2, -0.15) is 0 Å². The molecule has 0 bridgehead atoms. The number of carbonyl (C=O) groups excluding carboxylic acids is 3. The fourth-order valence-electron chi connectivity index (χ4n) is 3.39. The fourth-order valence-corrected chi connectivity index (χ4v) is 3.39. The average molecular weight is 298 g/mol. The van der Waals surface area contributed by atoms with Crippen LogP contribution in [0.5, 0.6) is 0 Å². The van der Waals surface area contributed by atoms with Crippen molar-refractivity contribution in [2.45, 2.75) is 58.2 Å². The highest BCUT2D eigenvalue weighted by molar-refractivity contribution is 6.06. The van der Waals surface area contributed by atoms with Gasteiger partial charge in [-0.3, -0.25) is 14.4 Å². The first-order valence-electron chi connectivity index (χ1n) is 7.52. The predicted octanol–water partition coefficient (Wildman–Crippen LogP) is 1.60. The molecule has 0 saturated carbocycles. The second kappa shape index (κ2) is 6.03. The number of methoxy groups -OCH3 is 1. The van der Waals surface area contributed by atoms with E-state index in [0.717, 1.165) is 12.8 Å². The van der Waals surface area contributed by atoms with Crippen LogP contribution in [0.15, 0.2) is 0 Å². The Hall–Kier alpha value is -1.59. The van der Waals surface area contributed by atoms with E-state index in [2.05, 4.69) is 0 Å². The van der Waals surface area contributed by atoms with Crippen LogP contribution in [0.2, 0.25) is 0 Å². The molecule has 0 radical (unpaired) electrons. The lowest BCUT2D eigenvalue weighted by atomic mass is 9.71. The van der Waals surface area contributed by atoms with Gasteiger partial charge in [0.1, 0.15) is 12.0 Å². The molecule has 2 heterocycles. The number of rotatable bonds is 6. The molecule has 4 atom stereocenters. The molecule has 2 aliphatic heterocycles. The highest BCUT2D eigenvalue weighted by Crippen LogP contribution is 2.50. The van der Waals surface area contributed by atoms with Gasteiger partial charge in [-0.15, -0.1) is 0 Å². The standard InChI is InChI=1S/C15H22O6/c1-4-6-7-9-11-10(12(16)20-9)15(8-5-2,13(17)19-3)14(18)21-11/h9-11H,4-8H2,1-3H3. The molecule has 6 heteroatoms. The SMILES string of the molecule is CCCCC1OC(=O)C2C1OC(=O)C2(CCC)C(=O)OC. The highest BCUT2D eigenvalue weighted by Gasteiger charge is 2.70. The monoisotopic (exact) mass is 298 g/mol. The van der Waals surface area contributed by atoms with Gasteiger partial charge in [-0.05, 0) is 19.3 Å². The Labute approximate surface area is 124 Å². The molecule has 21 heavy (non-hydrogen) atoms. The lowest BCUT2D eigenvalue weighted by molar-refractivity contribution is -0.172. The molecule has 4 unspecified atom stereocenters. The van der Waals surface area contributed by atoms with Crippen LogP contribution < -0.4 is 0 Å². The third kappa shape index (κ3) is 2.30. The number of fused-ring (bicyclic) bond motifs is 1. The second-order valence-corrected chi connectivity index (χ2v) is 5.68. The maximum Gasteiger partial charge on any atom is 0.324 e. The Morgan fingerprint density at radius 2 is 1.95 bits per heavy atom. The van der Waals surface area contributed by atoms with Crippen molar-refractivity contribution in [1.82, 2.24) is 0 Å². The lowest BCUT2D eigenvalue weighted by Gasteiger charge is -2.24. The Morgan fingerprint density at radius 1 is 1.24 bits per heavy atom. The minimum absolute atomic E-state index is 0.231. The zero-order valence-electron chi connectivity index (χ0n) is 12.7. The molecular formula is C15H22O6. The number of hydrogen-bond acceptors (Lipinski definition) is 6. The zero-order valence-corrected chi connectivity index (χ0v) is 12.7. The Balaban J connectivity index is 2.34. The first kappa shape index (κ1) is 15.8. The number of unbranched alkanes of at least 4 members (excludes halogenated alkanes) is 1. The molecule has 2 rings (SSSR count). The van der Waals surface area contributed by atoms with E-state index < -0.39 is 41.4 Å². The van der Waals surface area contributed by atoms with Crippen molar-refractivity contribution < 1.29 is 28.6 Å². The molecule has 0 aromatic carbocycles. The quantitative estimate of drug-likeness (QED) is 0.421. The molecule has 0 aromatic rings. The zero-order chi connectivity index (χ0) is 15.6. The van der Waals surface area contributed by atoms with Crippen LogP contribution in [0, 0.1) is 11.3 Å². The summed E-state index contributed by atoms with van der Waals surface area (Å²) < 4.78 is 15.5. The van der Waals surface area contributed by atoms with Gasteiger partial charge in [0, 0.05) is 0 Å². The molecule has 6 nitrogen and oxygen atoms in total. The van der Waals surface area contributed by atoms with Crippen molar-refractivity contribution in [1.29, 1.82) is 0 Å². The minimum atomic E-state index is -1.54. The fraction of sp³-hybridized carbons (Fsp3) is 0.800. The first-order valence-corrected chi connectivity index (χ1v) is 7.52. The summed E-state index contributed by atoms with van der Waals surface area (Å²) in [6.45, 7) is 3.88. The summed E-state index contributed by atoms with van der Waals surface area (Å²) >= 11 is 0. The number of cyclic esters (lactones) is 1. The minimum Gasteiger partial charge on any atom is -0.468 e. The molecule has 2 aliphatic rings. The molecule has 0 spiro atoms. The van der Waals surface area contributed by atoms with Crippen LogP contribution in [-0.4, -0.2) is 37.2 Å². The van der Waals surface area contributed by atoms with E-state index in [1.54, 1.807) is 0 Å². The van der Waals surface area contributed by atoms with Gasteiger partial charge < -0.3 is 14.2 Å². The van der Waals surface area contributed by atoms with Crippen molar-refractivity contribution in [3.8, 4) is 0 Å². The normalized spacial score (nSPS) is 34.3. The Bertz CT molecular complexity index is 445. The molecule has 2 saturated heterocycles. The van der Waals surface area contributed by atoms with Crippen LogP contribution in [-0.2, 0) is 28.6 Å². The lowest BCUT2D eigenvalue weighted by Crippen LogP contribution is -2.45. The Morgan fingerprint density at radius 3 is 2.52 bits per heavy atom.